The van der Waals surface area contributed by atoms with Gasteiger partial charge >= 0.3 is 0 Å². The van der Waals surface area contributed by atoms with Crippen molar-refractivity contribution in [1.82, 2.24) is 9.78 Å². The molecule has 0 aromatic carbocycles. The first kappa shape index (κ1) is 10.7. The molecule has 1 aliphatic rings. The Morgan fingerprint density at radius 2 is 2.13 bits per heavy atom. The molecule has 0 spiro atoms. The summed E-state index contributed by atoms with van der Waals surface area (Å²) in [7, 11) is 0. The number of hydrogen-bond donors (Lipinski definition) is 1. The molecule has 0 saturated heterocycles. The lowest BCUT2D eigenvalue weighted by atomic mass is 10.1. The van der Waals surface area contributed by atoms with Crippen LogP contribution in [-0.4, -0.2) is 16.3 Å². The van der Waals surface area contributed by atoms with E-state index in [0.29, 0.717) is 0 Å². The highest BCUT2D eigenvalue weighted by Crippen LogP contribution is 2.32. The van der Waals surface area contributed by atoms with Crippen LogP contribution in [0.5, 0.6) is 0 Å². The molecule has 0 amide bonds. The van der Waals surface area contributed by atoms with Gasteiger partial charge in [0.05, 0.1) is 5.69 Å². The van der Waals surface area contributed by atoms with Crippen LogP contribution in [0.2, 0.25) is 0 Å². The second-order valence-electron chi connectivity index (χ2n) is 4.64. The lowest BCUT2D eigenvalue weighted by Gasteiger charge is -2.04. The molecule has 3 heteroatoms. The van der Waals surface area contributed by atoms with Gasteiger partial charge in [-0.1, -0.05) is 12.8 Å². The third-order valence-corrected chi connectivity index (χ3v) is 3.37. The van der Waals surface area contributed by atoms with E-state index in [0.717, 1.165) is 31.1 Å². The molecule has 1 heterocycles. The van der Waals surface area contributed by atoms with Gasteiger partial charge < -0.3 is 5.73 Å². The van der Waals surface area contributed by atoms with Crippen molar-refractivity contribution in [3.8, 4) is 0 Å². The smallest absolute Gasteiger partial charge is 0.0628 e. The van der Waals surface area contributed by atoms with Crippen molar-refractivity contribution >= 4 is 0 Å². The molecular formula is C12H21N3. The summed E-state index contributed by atoms with van der Waals surface area (Å²) < 4.78 is 2.17. The van der Waals surface area contributed by atoms with Crippen LogP contribution in [-0.2, 0) is 13.0 Å². The standard InChI is InChI=1S/C12H21N3/c1-9-12(5-7-13)10(2)15(14-9)8-6-11-3-4-11/h11H,3-8,13H2,1-2H3. The van der Waals surface area contributed by atoms with Gasteiger partial charge in [0, 0.05) is 12.2 Å². The lowest BCUT2D eigenvalue weighted by molar-refractivity contribution is 0.533. The molecule has 1 saturated carbocycles. The third kappa shape index (κ3) is 2.40. The Bertz CT molecular complexity index is 337. The number of rotatable bonds is 5. The van der Waals surface area contributed by atoms with Crippen LogP contribution in [0.4, 0.5) is 0 Å². The summed E-state index contributed by atoms with van der Waals surface area (Å²) in [6, 6.07) is 0. The average Bonchev–Trinajstić information content (AvgIpc) is 2.99. The highest BCUT2D eigenvalue weighted by atomic mass is 15.3. The quantitative estimate of drug-likeness (QED) is 0.800. The van der Waals surface area contributed by atoms with Crippen LogP contribution in [0.25, 0.3) is 0 Å². The molecule has 2 N–H and O–H groups in total. The van der Waals surface area contributed by atoms with Gasteiger partial charge in [0.15, 0.2) is 0 Å². The molecule has 1 fully saturated rings. The van der Waals surface area contributed by atoms with E-state index in [9.17, 15) is 0 Å². The van der Waals surface area contributed by atoms with E-state index in [1.807, 2.05) is 0 Å². The Hall–Kier alpha value is -0.830. The van der Waals surface area contributed by atoms with Gasteiger partial charge in [-0.25, -0.2) is 0 Å². The molecule has 1 aromatic heterocycles. The molecule has 0 unspecified atom stereocenters. The molecule has 0 radical (unpaired) electrons. The summed E-state index contributed by atoms with van der Waals surface area (Å²) >= 11 is 0. The van der Waals surface area contributed by atoms with E-state index in [2.05, 4.69) is 23.6 Å². The Kier molecular flexibility index (Phi) is 3.10. The van der Waals surface area contributed by atoms with E-state index < -0.39 is 0 Å². The number of aromatic nitrogens is 2. The molecule has 2 rings (SSSR count). The molecular weight excluding hydrogens is 186 g/mol. The van der Waals surface area contributed by atoms with Crippen LogP contribution in [0.3, 0.4) is 0 Å². The Morgan fingerprint density at radius 1 is 1.40 bits per heavy atom. The number of nitrogens with two attached hydrogens (primary N) is 1. The monoisotopic (exact) mass is 207 g/mol. The number of hydrogen-bond acceptors (Lipinski definition) is 2. The summed E-state index contributed by atoms with van der Waals surface area (Å²) in [5.41, 5.74) is 9.44. The van der Waals surface area contributed by atoms with Gasteiger partial charge in [-0.3, -0.25) is 4.68 Å². The van der Waals surface area contributed by atoms with Crippen LogP contribution >= 0.6 is 0 Å². The minimum absolute atomic E-state index is 0.718. The third-order valence-electron chi connectivity index (χ3n) is 3.37. The van der Waals surface area contributed by atoms with E-state index in [-0.39, 0.29) is 0 Å². The molecule has 1 aromatic rings. The maximum Gasteiger partial charge on any atom is 0.0628 e. The van der Waals surface area contributed by atoms with Crippen molar-refractivity contribution in [3.63, 3.8) is 0 Å². The molecule has 0 atom stereocenters. The van der Waals surface area contributed by atoms with Crippen LogP contribution in [0, 0.1) is 19.8 Å². The Labute approximate surface area is 91.7 Å². The van der Waals surface area contributed by atoms with Crippen molar-refractivity contribution in [2.45, 2.75) is 46.1 Å². The Morgan fingerprint density at radius 3 is 2.73 bits per heavy atom. The van der Waals surface area contributed by atoms with Gasteiger partial charge in [0.1, 0.15) is 0 Å². The first-order valence-corrected chi connectivity index (χ1v) is 5.95. The van der Waals surface area contributed by atoms with E-state index in [1.54, 1.807) is 0 Å². The summed E-state index contributed by atoms with van der Waals surface area (Å²) in [5.74, 6) is 0.979. The second-order valence-corrected chi connectivity index (χ2v) is 4.64. The zero-order chi connectivity index (χ0) is 10.8. The number of aryl methyl sites for hydroxylation is 2. The highest BCUT2D eigenvalue weighted by Gasteiger charge is 2.21. The fourth-order valence-corrected chi connectivity index (χ4v) is 2.17. The second kappa shape index (κ2) is 4.35. The SMILES string of the molecule is Cc1nn(CCC2CC2)c(C)c1CCN. The highest BCUT2D eigenvalue weighted by molar-refractivity contribution is 5.24. The summed E-state index contributed by atoms with van der Waals surface area (Å²) in [5, 5.41) is 4.59. The number of nitrogens with zero attached hydrogens (tertiary/aromatic N) is 2. The zero-order valence-electron chi connectivity index (χ0n) is 9.79. The zero-order valence-corrected chi connectivity index (χ0v) is 9.79. The van der Waals surface area contributed by atoms with Gasteiger partial charge in [-0.05, 0) is 44.7 Å². The maximum absolute atomic E-state index is 5.60. The normalized spacial score (nSPS) is 15.9. The fraction of sp³-hybridized carbons (Fsp3) is 0.750. The topological polar surface area (TPSA) is 43.8 Å². The maximum atomic E-state index is 5.60. The summed E-state index contributed by atoms with van der Waals surface area (Å²) in [6.45, 7) is 6.06. The first-order valence-electron chi connectivity index (χ1n) is 5.95. The van der Waals surface area contributed by atoms with Gasteiger partial charge in [0.25, 0.3) is 0 Å². The summed E-state index contributed by atoms with van der Waals surface area (Å²) in [6.07, 6.45) is 5.11. The van der Waals surface area contributed by atoms with E-state index >= 15 is 0 Å². The molecule has 15 heavy (non-hydrogen) atoms. The summed E-state index contributed by atoms with van der Waals surface area (Å²) in [4.78, 5) is 0. The fourth-order valence-electron chi connectivity index (χ4n) is 2.17. The minimum atomic E-state index is 0.718. The molecule has 0 bridgehead atoms. The predicted octanol–water partition coefficient (Wildman–Crippen LogP) is 1.80. The van der Waals surface area contributed by atoms with Crippen molar-refractivity contribution in [2.24, 2.45) is 11.7 Å². The van der Waals surface area contributed by atoms with Crippen LogP contribution in [0.15, 0.2) is 0 Å². The van der Waals surface area contributed by atoms with Gasteiger partial charge in [-0.2, -0.15) is 5.10 Å². The lowest BCUT2D eigenvalue weighted by Crippen LogP contribution is -2.06. The van der Waals surface area contributed by atoms with Crippen molar-refractivity contribution in [3.05, 3.63) is 17.0 Å². The van der Waals surface area contributed by atoms with Gasteiger partial charge in [-0.15, -0.1) is 0 Å². The van der Waals surface area contributed by atoms with Crippen LogP contribution < -0.4 is 5.73 Å². The average molecular weight is 207 g/mol. The molecule has 0 aliphatic heterocycles. The van der Waals surface area contributed by atoms with Crippen molar-refractivity contribution in [2.75, 3.05) is 6.54 Å². The molecule has 1 aliphatic carbocycles. The molecule has 84 valence electrons. The van der Waals surface area contributed by atoms with Crippen LogP contribution in [0.1, 0.15) is 36.2 Å². The Balaban J connectivity index is 2.05. The van der Waals surface area contributed by atoms with Crippen molar-refractivity contribution < 1.29 is 0 Å². The van der Waals surface area contributed by atoms with Crippen molar-refractivity contribution in [1.29, 1.82) is 0 Å². The minimum Gasteiger partial charge on any atom is -0.330 e. The largest absolute Gasteiger partial charge is 0.330 e. The van der Waals surface area contributed by atoms with E-state index in [4.69, 9.17) is 5.73 Å². The predicted molar refractivity (Wildman–Crippen MR) is 61.8 cm³/mol. The van der Waals surface area contributed by atoms with Gasteiger partial charge in [0.2, 0.25) is 0 Å². The first-order chi connectivity index (χ1) is 7.22. The molecule has 3 nitrogen and oxygen atoms in total. The van der Waals surface area contributed by atoms with E-state index in [1.165, 1.54) is 30.5 Å².